The van der Waals surface area contributed by atoms with Crippen LogP contribution in [0.15, 0.2) is 65.2 Å². The molecule has 2 fully saturated rings. The number of hydrogen-bond donors (Lipinski definition) is 0. The first-order valence-electron chi connectivity index (χ1n) is 12.9. The average Bonchev–Trinajstić information content (AvgIpc) is 3.35. The highest BCUT2D eigenvalue weighted by molar-refractivity contribution is 7.91. The molecule has 2 saturated heterocycles. The summed E-state index contributed by atoms with van der Waals surface area (Å²) in [7, 11) is -2.88. The molecule has 3 aromatic rings. The SMILES string of the molecule is O=S1(=O)CCC(c2noc(CC3CCN(CCC(c4ccccc4)c4ccccc4)CC3)n2)CC1. The van der Waals surface area contributed by atoms with Gasteiger partial charge in [0.2, 0.25) is 5.89 Å². The Labute approximate surface area is 208 Å². The predicted octanol–water partition coefficient (Wildman–Crippen LogP) is 4.84. The van der Waals surface area contributed by atoms with Crippen LogP contribution < -0.4 is 0 Å². The maximum Gasteiger partial charge on any atom is 0.226 e. The first-order valence-corrected chi connectivity index (χ1v) is 14.7. The maximum atomic E-state index is 11.7. The number of piperidine rings is 1. The van der Waals surface area contributed by atoms with Crippen molar-refractivity contribution in [3.05, 3.63) is 83.5 Å². The summed E-state index contributed by atoms with van der Waals surface area (Å²) in [5, 5.41) is 4.18. The van der Waals surface area contributed by atoms with E-state index < -0.39 is 9.84 Å². The lowest BCUT2D eigenvalue weighted by atomic mass is 9.87. The minimum atomic E-state index is -2.88. The third-order valence-corrected chi connectivity index (χ3v) is 9.43. The van der Waals surface area contributed by atoms with Crippen LogP contribution in [0.25, 0.3) is 0 Å². The summed E-state index contributed by atoms with van der Waals surface area (Å²) in [4.78, 5) is 7.23. The van der Waals surface area contributed by atoms with Crippen LogP contribution in [-0.4, -0.2) is 54.6 Å². The van der Waals surface area contributed by atoms with Gasteiger partial charge in [-0.25, -0.2) is 8.42 Å². The second-order valence-corrected chi connectivity index (χ2v) is 12.4. The number of likely N-dealkylation sites (tertiary alicyclic amines) is 1. The van der Waals surface area contributed by atoms with Crippen molar-refractivity contribution in [3.8, 4) is 0 Å². The molecule has 3 heterocycles. The van der Waals surface area contributed by atoms with E-state index in [9.17, 15) is 8.42 Å². The zero-order valence-electron chi connectivity index (χ0n) is 20.3. The summed E-state index contributed by atoms with van der Waals surface area (Å²) in [6.45, 7) is 3.29. The number of hydrogen-bond acceptors (Lipinski definition) is 6. The molecule has 186 valence electrons. The van der Waals surface area contributed by atoms with Gasteiger partial charge in [-0.15, -0.1) is 0 Å². The van der Waals surface area contributed by atoms with Crippen LogP contribution >= 0.6 is 0 Å². The van der Waals surface area contributed by atoms with Gasteiger partial charge in [0.25, 0.3) is 0 Å². The first-order chi connectivity index (χ1) is 17.1. The van der Waals surface area contributed by atoms with Gasteiger partial charge in [0.15, 0.2) is 5.82 Å². The molecule has 7 heteroatoms. The topological polar surface area (TPSA) is 76.3 Å². The van der Waals surface area contributed by atoms with E-state index in [2.05, 4.69) is 75.7 Å². The molecule has 0 amide bonds. The number of sulfone groups is 1. The quantitative estimate of drug-likeness (QED) is 0.447. The fraction of sp³-hybridized carbons (Fsp3) is 0.500. The maximum absolute atomic E-state index is 11.7. The van der Waals surface area contributed by atoms with Gasteiger partial charge in [-0.3, -0.25) is 0 Å². The molecule has 0 bridgehead atoms. The van der Waals surface area contributed by atoms with Gasteiger partial charge in [-0.1, -0.05) is 65.8 Å². The van der Waals surface area contributed by atoms with Crippen molar-refractivity contribution in [1.82, 2.24) is 15.0 Å². The Balaban J connectivity index is 1.11. The van der Waals surface area contributed by atoms with E-state index in [4.69, 9.17) is 4.52 Å². The molecule has 5 rings (SSSR count). The second kappa shape index (κ2) is 11.0. The minimum Gasteiger partial charge on any atom is -0.339 e. The lowest BCUT2D eigenvalue weighted by Crippen LogP contribution is -2.35. The Kier molecular flexibility index (Phi) is 7.63. The van der Waals surface area contributed by atoms with Crippen molar-refractivity contribution in [3.63, 3.8) is 0 Å². The van der Waals surface area contributed by atoms with Crippen molar-refractivity contribution in [2.75, 3.05) is 31.1 Å². The highest BCUT2D eigenvalue weighted by Gasteiger charge is 2.29. The molecule has 2 aliphatic heterocycles. The van der Waals surface area contributed by atoms with Crippen molar-refractivity contribution in [1.29, 1.82) is 0 Å². The second-order valence-electron chi connectivity index (χ2n) is 10.1. The number of aromatic nitrogens is 2. The lowest BCUT2D eigenvalue weighted by Gasteiger charge is -2.32. The van der Waals surface area contributed by atoms with Crippen molar-refractivity contribution in [2.45, 2.75) is 50.4 Å². The third kappa shape index (κ3) is 6.39. The van der Waals surface area contributed by atoms with E-state index in [1.807, 2.05) is 0 Å². The van der Waals surface area contributed by atoms with E-state index in [0.717, 1.165) is 45.3 Å². The average molecular weight is 494 g/mol. The number of benzene rings is 2. The van der Waals surface area contributed by atoms with Crippen LogP contribution in [0.5, 0.6) is 0 Å². The highest BCUT2D eigenvalue weighted by Crippen LogP contribution is 2.30. The standard InChI is InChI=1S/C28H35N3O3S/c32-35(33)19-14-25(15-20-35)28-29-27(34-30-28)21-22-11-16-31(17-12-22)18-13-26(23-7-3-1-4-8-23)24-9-5-2-6-10-24/h1-10,22,25-26H,11-21H2. The summed E-state index contributed by atoms with van der Waals surface area (Å²) < 4.78 is 28.9. The van der Waals surface area contributed by atoms with Crippen molar-refractivity contribution >= 4 is 9.84 Å². The molecule has 0 atom stereocenters. The Morgan fingerprint density at radius 1 is 0.886 bits per heavy atom. The number of rotatable bonds is 8. The summed E-state index contributed by atoms with van der Waals surface area (Å²) in [5.41, 5.74) is 2.77. The van der Waals surface area contributed by atoms with E-state index >= 15 is 0 Å². The summed E-state index contributed by atoms with van der Waals surface area (Å²) in [6, 6.07) is 21.7. The van der Waals surface area contributed by atoms with Gasteiger partial charge in [0.05, 0.1) is 11.5 Å². The van der Waals surface area contributed by atoms with Gasteiger partial charge >= 0.3 is 0 Å². The Morgan fingerprint density at radius 2 is 1.49 bits per heavy atom. The van der Waals surface area contributed by atoms with Crippen LogP contribution in [-0.2, 0) is 16.3 Å². The molecule has 0 radical (unpaired) electrons. The van der Waals surface area contributed by atoms with Crippen molar-refractivity contribution < 1.29 is 12.9 Å². The van der Waals surface area contributed by atoms with Crippen molar-refractivity contribution in [2.24, 2.45) is 5.92 Å². The van der Waals surface area contributed by atoms with Crippen LogP contribution in [0.4, 0.5) is 0 Å². The molecule has 0 unspecified atom stereocenters. The summed E-state index contributed by atoms with van der Waals surface area (Å²) >= 11 is 0. The van der Waals surface area contributed by atoms with Crippen LogP contribution in [0, 0.1) is 5.92 Å². The Hall–Kier alpha value is -2.51. The van der Waals surface area contributed by atoms with Gasteiger partial charge in [0, 0.05) is 18.3 Å². The molecular formula is C28H35N3O3S. The molecule has 0 aliphatic carbocycles. The van der Waals surface area contributed by atoms with Crippen LogP contribution in [0.2, 0.25) is 0 Å². The van der Waals surface area contributed by atoms with E-state index in [0.29, 0.717) is 36.4 Å². The van der Waals surface area contributed by atoms with Gasteiger partial charge in [-0.2, -0.15) is 4.98 Å². The third-order valence-electron chi connectivity index (χ3n) is 7.71. The normalized spacial score (nSPS) is 19.8. The zero-order valence-corrected chi connectivity index (χ0v) is 21.1. The van der Waals surface area contributed by atoms with Gasteiger partial charge in [-0.05, 0) is 68.8 Å². The Bertz CT molecular complexity index is 1120. The largest absolute Gasteiger partial charge is 0.339 e. The Morgan fingerprint density at radius 3 is 2.09 bits per heavy atom. The molecule has 6 nitrogen and oxygen atoms in total. The molecule has 0 N–H and O–H groups in total. The molecule has 0 saturated carbocycles. The molecule has 35 heavy (non-hydrogen) atoms. The van der Waals surface area contributed by atoms with Gasteiger partial charge < -0.3 is 9.42 Å². The molecule has 2 aromatic carbocycles. The fourth-order valence-electron chi connectivity index (χ4n) is 5.53. The lowest BCUT2D eigenvalue weighted by molar-refractivity contribution is 0.174. The predicted molar refractivity (Wildman–Crippen MR) is 137 cm³/mol. The molecular weight excluding hydrogens is 458 g/mol. The van der Waals surface area contributed by atoms with E-state index in [1.165, 1.54) is 11.1 Å². The first kappa shape index (κ1) is 24.2. The summed E-state index contributed by atoms with van der Waals surface area (Å²) in [5.74, 6) is 2.96. The molecule has 0 spiro atoms. The molecule has 2 aliphatic rings. The number of nitrogens with zero attached hydrogens (tertiary/aromatic N) is 3. The summed E-state index contributed by atoms with van der Waals surface area (Å²) in [6.07, 6.45) is 5.42. The molecule has 1 aromatic heterocycles. The van der Waals surface area contributed by atoms with Crippen LogP contribution in [0.1, 0.15) is 66.8 Å². The monoisotopic (exact) mass is 493 g/mol. The van der Waals surface area contributed by atoms with Gasteiger partial charge in [0.1, 0.15) is 9.84 Å². The highest BCUT2D eigenvalue weighted by atomic mass is 32.2. The van der Waals surface area contributed by atoms with Crippen LogP contribution in [0.3, 0.4) is 0 Å². The fourth-order valence-corrected chi connectivity index (χ4v) is 7.03. The van der Waals surface area contributed by atoms with E-state index in [1.54, 1.807) is 0 Å². The minimum absolute atomic E-state index is 0.111. The van der Waals surface area contributed by atoms with E-state index in [-0.39, 0.29) is 17.4 Å². The zero-order chi connectivity index (χ0) is 24.1. The smallest absolute Gasteiger partial charge is 0.226 e.